The van der Waals surface area contributed by atoms with Crippen molar-refractivity contribution in [3.8, 4) is 18.0 Å². The minimum absolute atomic E-state index is 0.00449. The number of nitrogens with one attached hydrogen (secondary N) is 3. The van der Waals surface area contributed by atoms with E-state index in [9.17, 15) is 10.1 Å². The fraction of sp³-hybridized carbons (Fsp3) is 0.485. The first-order chi connectivity index (χ1) is 24.5. The number of aromatic nitrogens is 11. The summed E-state index contributed by atoms with van der Waals surface area (Å²) in [5.41, 5.74) is 13.4. The summed E-state index contributed by atoms with van der Waals surface area (Å²) in [6.07, 6.45) is 0. The summed E-state index contributed by atoms with van der Waals surface area (Å²) in [4.78, 5) is 27.8. The zero-order chi connectivity index (χ0) is 39.4. The molecule has 5 heterocycles. The van der Waals surface area contributed by atoms with E-state index >= 15 is 0 Å². The molecule has 0 unspecified atom stereocenters. The van der Waals surface area contributed by atoms with E-state index in [0.717, 1.165) is 0 Å². The molecule has 0 radical (unpaired) electrons. The molecule has 0 atom stereocenters. The summed E-state index contributed by atoms with van der Waals surface area (Å²) in [6.45, 7) is 30.8. The normalized spacial score (nSPS) is 12.9. The smallest absolute Gasteiger partial charge is 0.351 e. The van der Waals surface area contributed by atoms with E-state index in [4.69, 9.17) is 18.0 Å². The van der Waals surface area contributed by atoms with Crippen LogP contribution < -0.4 is 17.2 Å². The minimum atomic E-state index is -0.798. The van der Waals surface area contributed by atoms with Crippen LogP contribution >= 0.6 is 0 Å². The van der Waals surface area contributed by atoms with E-state index in [1.54, 1.807) is 0 Å². The maximum absolute atomic E-state index is 13.1. The lowest BCUT2D eigenvalue weighted by Crippen LogP contribution is -2.22. The van der Waals surface area contributed by atoms with Gasteiger partial charge in [0, 0.05) is 21.9 Å². The number of H-pyrrole nitrogens is 3. The Labute approximate surface area is 305 Å². The number of aromatic amines is 3. The molecule has 5 aromatic rings. The number of nitriles is 1. The van der Waals surface area contributed by atoms with Crippen molar-refractivity contribution in [3.05, 3.63) is 50.2 Å². The maximum atomic E-state index is 13.1. The molecule has 0 fully saturated rings. The lowest BCUT2D eigenvalue weighted by atomic mass is 9.90. The molecule has 0 spiro atoms. The molecule has 0 amide bonds. The summed E-state index contributed by atoms with van der Waals surface area (Å²) in [7, 11) is 0. The van der Waals surface area contributed by atoms with E-state index in [2.05, 4.69) is 76.9 Å². The van der Waals surface area contributed by atoms with Gasteiger partial charge >= 0.3 is 5.69 Å². The first-order valence-corrected chi connectivity index (χ1v) is 16.5. The Morgan fingerprint density at radius 2 is 1.21 bits per heavy atom. The number of rotatable bonds is 6. The van der Waals surface area contributed by atoms with Crippen LogP contribution in [0.1, 0.15) is 111 Å². The largest absolute Gasteiger partial charge is 0.382 e. The van der Waals surface area contributed by atoms with E-state index in [1.165, 1.54) is 9.36 Å². The molecular formula is C33H43N19O. The van der Waals surface area contributed by atoms with Crippen molar-refractivity contribution in [2.75, 3.05) is 11.5 Å². The quantitative estimate of drug-likeness (QED) is 0.0925. The summed E-state index contributed by atoms with van der Waals surface area (Å²) in [6, 6.07) is 2.15. The molecule has 0 aromatic carbocycles. The molecule has 53 heavy (non-hydrogen) atoms. The monoisotopic (exact) mass is 721 g/mol. The molecule has 5 rings (SSSR count). The fourth-order valence-corrected chi connectivity index (χ4v) is 5.20. The van der Waals surface area contributed by atoms with Crippen LogP contribution in [0.4, 0.5) is 40.3 Å². The Hall–Kier alpha value is -6.57. The van der Waals surface area contributed by atoms with E-state index in [-0.39, 0.29) is 63.2 Å². The van der Waals surface area contributed by atoms with Gasteiger partial charge in [0.05, 0.1) is 23.7 Å². The molecule has 0 aliphatic rings. The minimum Gasteiger partial charge on any atom is -0.382 e. The van der Waals surface area contributed by atoms with Crippen LogP contribution in [0.15, 0.2) is 25.3 Å². The zero-order valence-corrected chi connectivity index (χ0v) is 31.8. The number of anilines is 2. The van der Waals surface area contributed by atoms with E-state index < -0.39 is 21.9 Å². The van der Waals surface area contributed by atoms with Gasteiger partial charge in [-0.25, -0.2) is 9.64 Å². The lowest BCUT2D eigenvalue weighted by molar-refractivity contribution is 0.555. The SMILES string of the molecule is [C-]#[N+]c1c(N=Nc2c(C(C)(C)C)nn(-c3nc(-n4nc(C(C)(C)C)c(N=Nc5n[nH]c(C(C)(C)C)c5C#N)c4N)nc(=O)[nH]3)c2N)n[nH]c1C(C)(C)C. The number of hydrogen-bond donors (Lipinski definition) is 5. The average Bonchev–Trinajstić information content (AvgIpc) is 3.80. The summed E-state index contributed by atoms with van der Waals surface area (Å²) >= 11 is 0. The molecule has 0 aliphatic carbocycles. The predicted molar refractivity (Wildman–Crippen MR) is 197 cm³/mol. The van der Waals surface area contributed by atoms with Crippen LogP contribution in [0.5, 0.6) is 0 Å². The third-order valence-electron chi connectivity index (χ3n) is 7.91. The standard InChI is InChI=1S/C33H43N19O/c1-30(2,3)19-15(14-34)25(46-43-19)45-41-16-21(32(7,8)9)49-51(23(16)35)27-38-28(40-29(53)39-27)52-24(36)17(22(50-52)33(10,11)12)42-47-26-18(37-13)20(44-48-26)31(4,5)6/h35-36H2,1-12H3,(H,43,46)(H,44,48)(H,38,39,40,53). The average molecular weight is 722 g/mol. The third kappa shape index (κ3) is 7.16. The fourth-order valence-electron chi connectivity index (χ4n) is 5.20. The number of nitrogens with two attached hydrogens (primary N) is 2. The van der Waals surface area contributed by atoms with Gasteiger partial charge in [0.1, 0.15) is 11.6 Å². The molecule has 20 heteroatoms. The van der Waals surface area contributed by atoms with Gasteiger partial charge in [-0.1, -0.05) is 83.1 Å². The summed E-state index contributed by atoms with van der Waals surface area (Å²) < 4.78 is 2.38. The lowest BCUT2D eigenvalue weighted by Gasteiger charge is -2.16. The van der Waals surface area contributed by atoms with Crippen molar-refractivity contribution in [3.63, 3.8) is 0 Å². The molecule has 276 valence electrons. The summed E-state index contributed by atoms with van der Waals surface area (Å²) in [5.74, 6) is -0.163. The Bertz CT molecular complexity index is 2240. The zero-order valence-electron chi connectivity index (χ0n) is 31.8. The number of nitrogen functional groups attached to an aromatic ring is 2. The van der Waals surface area contributed by atoms with Gasteiger partial charge in [0.15, 0.2) is 23.0 Å². The molecule has 0 aliphatic heterocycles. The molecule has 5 aromatic heterocycles. The molecule has 0 bridgehead atoms. The van der Waals surface area contributed by atoms with Crippen LogP contribution in [-0.4, -0.2) is 54.9 Å². The number of nitrogens with zero attached hydrogens (tertiary/aromatic N) is 14. The first-order valence-electron chi connectivity index (χ1n) is 16.5. The van der Waals surface area contributed by atoms with E-state index in [1.807, 2.05) is 83.1 Å². The van der Waals surface area contributed by atoms with E-state index in [0.29, 0.717) is 22.8 Å². The van der Waals surface area contributed by atoms with Crippen molar-refractivity contribution in [2.24, 2.45) is 20.5 Å². The van der Waals surface area contributed by atoms with Gasteiger partial charge in [-0.15, -0.1) is 20.5 Å². The first kappa shape index (κ1) is 37.7. The van der Waals surface area contributed by atoms with Gasteiger partial charge in [0.2, 0.25) is 17.6 Å². The summed E-state index contributed by atoms with van der Waals surface area (Å²) in [5, 5.41) is 50.7. The highest BCUT2D eigenvalue weighted by molar-refractivity contribution is 5.69. The second-order valence-corrected chi connectivity index (χ2v) is 16.5. The predicted octanol–water partition coefficient (Wildman–Crippen LogP) is 6.59. The molecular weight excluding hydrogens is 678 g/mol. The van der Waals surface area contributed by atoms with Gasteiger partial charge in [-0.05, 0) is 5.41 Å². The Morgan fingerprint density at radius 3 is 1.72 bits per heavy atom. The van der Waals surface area contributed by atoms with Crippen molar-refractivity contribution < 1.29 is 0 Å². The topological polar surface area (TPSA) is 281 Å². The highest BCUT2D eigenvalue weighted by atomic mass is 16.1. The van der Waals surface area contributed by atoms with Crippen LogP contribution in [-0.2, 0) is 21.7 Å². The van der Waals surface area contributed by atoms with Crippen molar-refractivity contribution in [2.45, 2.75) is 105 Å². The van der Waals surface area contributed by atoms with Crippen LogP contribution in [0, 0.1) is 17.9 Å². The van der Waals surface area contributed by atoms with Gasteiger partial charge < -0.3 is 11.5 Å². The van der Waals surface area contributed by atoms with Crippen molar-refractivity contribution >= 4 is 40.3 Å². The molecule has 0 saturated heterocycles. The molecule has 0 saturated carbocycles. The van der Waals surface area contributed by atoms with Crippen LogP contribution in [0.25, 0.3) is 16.7 Å². The molecule has 7 N–H and O–H groups in total. The Morgan fingerprint density at radius 1 is 0.717 bits per heavy atom. The Balaban J connectivity index is 1.63. The maximum Gasteiger partial charge on any atom is 0.351 e. The van der Waals surface area contributed by atoms with Crippen molar-refractivity contribution in [1.29, 1.82) is 5.26 Å². The molecule has 20 nitrogen and oxygen atoms in total. The van der Waals surface area contributed by atoms with Crippen molar-refractivity contribution in [1.82, 2.24) is 54.9 Å². The van der Waals surface area contributed by atoms with Gasteiger partial charge in [-0.3, -0.25) is 15.2 Å². The van der Waals surface area contributed by atoms with Gasteiger partial charge in [0.25, 0.3) is 11.6 Å². The van der Waals surface area contributed by atoms with Crippen LogP contribution in [0.3, 0.4) is 0 Å². The van der Waals surface area contributed by atoms with Crippen LogP contribution in [0.2, 0.25) is 0 Å². The number of hydrogen-bond acceptors (Lipinski definition) is 14. The third-order valence-corrected chi connectivity index (χ3v) is 7.91. The second-order valence-electron chi connectivity index (χ2n) is 16.5. The highest BCUT2D eigenvalue weighted by Crippen LogP contribution is 2.41. The number of azo groups is 2. The Kier molecular flexibility index (Phi) is 9.16. The highest BCUT2D eigenvalue weighted by Gasteiger charge is 2.31. The second kappa shape index (κ2) is 12.9. The van der Waals surface area contributed by atoms with Gasteiger partial charge in [-0.2, -0.15) is 45.0 Å².